The Morgan fingerprint density at radius 2 is 1.92 bits per heavy atom. The standard InChI is InChI=1S/C17H17ClO7/c1-8-10-5-12(18)14(24-9(2)16(20)23-4)7-13(10)25-17(21)11(8)6-15(19)22-3/h5,7,9H,6H2,1-4H3. The van der Waals surface area contributed by atoms with Crippen molar-refractivity contribution >= 4 is 34.5 Å². The van der Waals surface area contributed by atoms with Crippen LogP contribution in [0.2, 0.25) is 5.02 Å². The monoisotopic (exact) mass is 368 g/mol. The highest BCUT2D eigenvalue weighted by Gasteiger charge is 2.20. The van der Waals surface area contributed by atoms with Crippen molar-refractivity contribution in [3.63, 3.8) is 0 Å². The van der Waals surface area contributed by atoms with Crippen molar-refractivity contribution in [1.82, 2.24) is 0 Å². The van der Waals surface area contributed by atoms with Crippen LogP contribution in [0.1, 0.15) is 18.1 Å². The number of hydrogen-bond donors (Lipinski definition) is 0. The molecule has 0 bridgehead atoms. The Labute approximate surface area is 148 Å². The van der Waals surface area contributed by atoms with Gasteiger partial charge in [0.25, 0.3) is 0 Å². The molecular formula is C17H17ClO7. The largest absolute Gasteiger partial charge is 0.477 e. The minimum absolute atomic E-state index is 0.176. The van der Waals surface area contributed by atoms with Crippen LogP contribution in [0.25, 0.3) is 11.0 Å². The molecule has 134 valence electrons. The summed E-state index contributed by atoms with van der Waals surface area (Å²) in [7, 11) is 2.48. The number of fused-ring (bicyclic) bond motifs is 1. The Kier molecular flexibility index (Phi) is 5.69. The Balaban J connectivity index is 2.51. The number of esters is 2. The van der Waals surface area contributed by atoms with Gasteiger partial charge in [0.1, 0.15) is 11.3 Å². The average Bonchev–Trinajstić information content (AvgIpc) is 2.59. The molecule has 1 aromatic heterocycles. The molecule has 0 aliphatic heterocycles. The molecule has 7 nitrogen and oxygen atoms in total. The van der Waals surface area contributed by atoms with Crippen LogP contribution in [-0.2, 0) is 25.5 Å². The molecule has 25 heavy (non-hydrogen) atoms. The zero-order chi connectivity index (χ0) is 18.7. The van der Waals surface area contributed by atoms with Crippen LogP contribution >= 0.6 is 11.6 Å². The van der Waals surface area contributed by atoms with Crippen LogP contribution in [0, 0.1) is 6.92 Å². The van der Waals surface area contributed by atoms with E-state index in [4.69, 9.17) is 20.8 Å². The number of methoxy groups -OCH3 is 2. The maximum atomic E-state index is 12.2. The van der Waals surface area contributed by atoms with Crippen molar-refractivity contribution in [1.29, 1.82) is 0 Å². The highest BCUT2D eigenvalue weighted by atomic mass is 35.5. The van der Waals surface area contributed by atoms with Gasteiger partial charge in [-0.2, -0.15) is 0 Å². The second-order valence-electron chi connectivity index (χ2n) is 5.31. The van der Waals surface area contributed by atoms with Gasteiger partial charge in [-0.15, -0.1) is 0 Å². The lowest BCUT2D eigenvalue weighted by molar-refractivity contribution is -0.148. The molecule has 1 unspecified atom stereocenters. The summed E-state index contributed by atoms with van der Waals surface area (Å²) < 4.78 is 19.9. The van der Waals surface area contributed by atoms with Crippen LogP contribution in [-0.4, -0.2) is 32.3 Å². The highest BCUT2D eigenvalue weighted by Crippen LogP contribution is 2.32. The van der Waals surface area contributed by atoms with E-state index in [0.717, 1.165) is 0 Å². The SMILES string of the molecule is COC(=O)Cc1c(C)c2cc(Cl)c(OC(C)C(=O)OC)cc2oc1=O. The maximum absolute atomic E-state index is 12.2. The summed E-state index contributed by atoms with van der Waals surface area (Å²) in [5, 5.41) is 0.783. The first kappa shape index (κ1) is 18.8. The second-order valence-corrected chi connectivity index (χ2v) is 5.72. The summed E-state index contributed by atoms with van der Waals surface area (Å²) in [4.78, 5) is 35.1. The van der Waals surface area contributed by atoms with E-state index in [1.807, 2.05) is 0 Å². The molecule has 0 saturated heterocycles. The maximum Gasteiger partial charge on any atom is 0.346 e. The Morgan fingerprint density at radius 1 is 1.24 bits per heavy atom. The summed E-state index contributed by atoms with van der Waals surface area (Å²) in [6.45, 7) is 3.19. The van der Waals surface area contributed by atoms with E-state index >= 15 is 0 Å². The number of halogens is 1. The molecule has 1 aromatic carbocycles. The third-order valence-corrected chi connectivity index (χ3v) is 4.02. The average molecular weight is 369 g/mol. The van der Waals surface area contributed by atoms with Crippen molar-refractivity contribution in [2.45, 2.75) is 26.4 Å². The molecule has 0 fully saturated rings. The van der Waals surface area contributed by atoms with E-state index in [2.05, 4.69) is 9.47 Å². The van der Waals surface area contributed by atoms with Gasteiger partial charge in [-0.3, -0.25) is 4.79 Å². The summed E-state index contributed by atoms with van der Waals surface area (Å²) in [6, 6.07) is 2.97. The number of carbonyl (C=O) groups is 2. The Morgan fingerprint density at radius 3 is 2.52 bits per heavy atom. The number of ether oxygens (including phenoxy) is 3. The molecule has 0 saturated carbocycles. The van der Waals surface area contributed by atoms with Gasteiger partial charge < -0.3 is 18.6 Å². The summed E-state index contributed by atoms with van der Waals surface area (Å²) in [6.07, 6.45) is -1.08. The topological polar surface area (TPSA) is 92.0 Å². The van der Waals surface area contributed by atoms with Crippen LogP contribution in [0.3, 0.4) is 0 Å². The Hall–Kier alpha value is -2.54. The minimum Gasteiger partial charge on any atom is -0.477 e. The normalized spacial score (nSPS) is 11.9. The first-order valence-corrected chi connectivity index (χ1v) is 7.73. The predicted molar refractivity (Wildman–Crippen MR) is 90.1 cm³/mol. The van der Waals surface area contributed by atoms with Gasteiger partial charge in [0.2, 0.25) is 0 Å². The van der Waals surface area contributed by atoms with Gasteiger partial charge in [-0.25, -0.2) is 9.59 Å². The quantitative estimate of drug-likeness (QED) is 0.591. The second kappa shape index (κ2) is 7.57. The van der Waals surface area contributed by atoms with Crippen LogP contribution in [0.15, 0.2) is 21.3 Å². The number of rotatable bonds is 5. The third-order valence-electron chi connectivity index (χ3n) is 3.73. The fourth-order valence-electron chi connectivity index (χ4n) is 2.31. The van der Waals surface area contributed by atoms with Crippen molar-refractivity contribution in [2.24, 2.45) is 0 Å². The fourth-order valence-corrected chi connectivity index (χ4v) is 2.51. The van der Waals surface area contributed by atoms with Gasteiger partial charge >= 0.3 is 17.6 Å². The fraction of sp³-hybridized carbons (Fsp3) is 0.353. The molecule has 1 heterocycles. The van der Waals surface area contributed by atoms with E-state index in [1.54, 1.807) is 13.0 Å². The molecule has 0 amide bonds. The van der Waals surface area contributed by atoms with E-state index in [0.29, 0.717) is 10.9 Å². The zero-order valence-electron chi connectivity index (χ0n) is 14.2. The van der Waals surface area contributed by atoms with Gasteiger partial charge in [0, 0.05) is 11.5 Å². The summed E-state index contributed by atoms with van der Waals surface area (Å²) in [5.74, 6) is -0.940. The van der Waals surface area contributed by atoms with Crippen molar-refractivity contribution < 1.29 is 28.2 Å². The van der Waals surface area contributed by atoms with E-state index in [9.17, 15) is 14.4 Å². The number of carbonyl (C=O) groups excluding carboxylic acids is 2. The van der Waals surface area contributed by atoms with Gasteiger partial charge in [-0.1, -0.05) is 11.6 Å². The third kappa shape index (κ3) is 3.93. The smallest absolute Gasteiger partial charge is 0.346 e. The van der Waals surface area contributed by atoms with E-state index in [1.165, 1.54) is 27.2 Å². The predicted octanol–water partition coefficient (Wildman–Crippen LogP) is 2.41. The summed E-state index contributed by atoms with van der Waals surface area (Å²) >= 11 is 6.20. The first-order valence-electron chi connectivity index (χ1n) is 7.35. The molecule has 0 radical (unpaired) electrons. The molecule has 0 spiro atoms. The lowest BCUT2D eigenvalue weighted by Crippen LogP contribution is -2.25. The highest BCUT2D eigenvalue weighted by molar-refractivity contribution is 6.32. The Bertz CT molecular complexity index is 885. The van der Waals surface area contributed by atoms with Crippen LogP contribution in [0.5, 0.6) is 5.75 Å². The molecule has 2 aromatic rings. The van der Waals surface area contributed by atoms with Crippen LogP contribution < -0.4 is 10.4 Å². The van der Waals surface area contributed by atoms with Crippen LogP contribution in [0.4, 0.5) is 0 Å². The van der Waals surface area contributed by atoms with E-state index in [-0.39, 0.29) is 28.3 Å². The van der Waals surface area contributed by atoms with Gasteiger partial charge in [0.05, 0.1) is 31.2 Å². The molecule has 2 rings (SSSR count). The number of benzene rings is 1. The molecule has 0 aliphatic carbocycles. The molecule has 8 heteroatoms. The molecule has 0 N–H and O–H groups in total. The number of aryl methyl sites for hydroxylation is 1. The van der Waals surface area contributed by atoms with Crippen molar-refractivity contribution in [3.05, 3.63) is 38.7 Å². The van der Waals surface area contributed by atoms with Gasteiger partial charge in [-0.05, 0) is 25.5 Å². The van der Waals surface area contributed by atoms with E-state index < -0.39 is 23.7 Å². The van der Waals surface area contributed by atoms with Crippen molar-refractivity contribution in [2.75, 3.05) is 14.2 Å². The minimum atomic E-state index is -0.883. The van der Waals surface area contributed by atoms with Crippen molar-refractivity contribution in [3.8, 4) is 5.75 Å². The summed E-state index contributed by atoms with van der Waals surface area (Å²) in [5.41, 5.74) is 0.343. The molecule has 0 aliphatic rings. The number of hydrogen-bond acceptors (Lipinski definition) is 7. The molecular weight excluding hydrogens is 352 g/mol. The first-order chi connectivity index (χ1) is 11.8. The zero-order valence-corrected chi connectivity index (χ0v) is 14.9. The molecule has 1 atom stereocenters. The lowest BCUT2D eigenvalue weighted by Gasteiger charge is -2.15. The van der Waals surface area contributed by atoms with Gasteiger partial charge in [0.15, 0.2) is 6.10 Å². The lowest BCUT2D eigenvalue weighted by atomic mass is 10.0.